The van der Waals surface area contributed by atoms with Gasteiger partial charge in [-0.1, -0.05) is 12.1 Å². The van der Waals surface area contributed by atoms with Crippen molar-refractivity contribution >= 4 is 11.7 Å². The Morgan fingerprint density at radius 2 is 1.81 bits per heavy atom. The first-order chi connectivity index (χ1) is 10.1. The van der Waals surface area contributed by atoms with Crippen molar-refractivity contribution in [1.29, 1.82) is 0 Å². The fourth-order valence-electron chi connectivity index (χ4n) is 1.99. The lowest BCUT2D eigenvalue weighted by Gasteiger charge is -2.14. The Kier molecular flexibility index (Phi) is 5.00. The third-order valence-electron chi connectivity index (χ3n) is 3.42. The number of furan rings is 1. The number of anilines is 1. The van der Waals surface area contributed by atoms with Crippen molar-refractivity contribution in [3.8, 4) is 0 Å². The summed E-state index contributed by atoms with van der Waals surface area (Å²) in [4.78, 5) is 11.9. The molecule has 5 heteroatoms. The molecule has 0 aliphatic carbocycles. The third-order valence-corrected chi connectivity index (χ3v) is 3.42. The summed E-state index contributed by atoms with van der Waals surface area (Å²) < 4.78 is 5.25. The molecule has 1 heterocycles. The van der Waals surface area contributed by atoms with E-state index in [0.29, 0.717) is 0 Å². The van der Waals surface area contributed by atoms with Crippen molar-refractivity contribution in [2.45, 2.75) is 25.9 Å². The predicted octanol–water partition coefficient (Wildman–Crippen LogP) is 3.44. The molecule has 2 aromatic rings. The van der Waals surface area contributed by atoms with E-state index in [1.807, 2.05) is 44.3 Å². The van der Waals surface area contributed by atoms with Crippen LogP contribution in [0.2, 0.25) is 0 Å². The SMILES string of the molecule is CNC(C)c1ccc(NC(=O)NC(C)c2ccco2)cc1. The van der Waals surface area contributed by atoms with Crippen LogP contribution in [0.5, 0.6) is 0 Å². The lowest BCUT2D eigenvalue weighted by Crippen LogP contribution is -2.30. The highest BCUT2D eigenvalue weighted by Crippen LogP contribution is 2.16. The molecule has 0 radical (unpaired) electrons. The van der Waals surface area contributed by atoms with Crippen LogP contribution in [0.25, 0.3) is 0 Å². The molecular formula is C16H21N3O2. The maximum absolute atomic E-state index is 11.9. The van der Waals surface area contributed by atoms with E-state index in [9.17, 15) is 4.79 Å². The van der Waals surface area contributed by atoms with Crippen molar-refractivity contribution in [2.75, 3.05) is 12.4 Å². The largest absolute Gasteiger partial charge is 0.467 e. The summed E-state index contributed by atoms with van der Waals surface area (Å²) in [7, 11) is 1.92. The minimum Gasteiger partial charge on any atom is -0.467 e. The summed E-state index contributed by atoms with van der Waals surface area (Å²) in [5.41, 5.74) is 1.93. The standard InChI is InChI=1S/C16H21N3O2/c1-11(17-3)13-6-8-14(9-7-13)19-16(20)18-12(2)15-5-4-10-21-15/h4-12,17H,1-3H3,(H2,18,19,20). The molecule has 2 unspecified atom stereocenters. The summed E-state index contributed by atoms with van der Waals surface area (Å²) in [6, 6.07) is 11.2. The number of carbonyl (C=O) groups excluding carboxylic acids is 1. The molecule has 0 aliphatic rings. The number of benzene rings is 1. The number of hydrogen-bond acceptors (Lipinski definition) is 3. The molecule has 0 saturated carbocycles. The van der Waals surface area contributed by atoms with Gasteiger partial charge in [-0.15, -0.1) is 0 Å². The van der Waals surface area contributed by atoms with E-state index in [-0.39, 0.29) is 18.1 Å². The molecule has 0 aliphatic heterocycles. The molecule has 1 aromatic carbocycles. The van der Waals surface area contributed by atoms with E-state index in [2.05, 4.69) is 22.9 Å². The molecule has 2 amide bonds. The molecule has 3 N–H and O–H groups in total. The number of carbonyl (C=O) groups is 1. The Hall–Kier alpha value is -2.27. The minimum atomic E-state index is -0.256. The zero-order valence-corrected chi connectivity index (χ0v) is 12.5. The van der Waals surface area contributed by atoms with E-state index in [4.69, 9.17) is 4.42 Å². The van der Waals surface area contributed by atoms with Gasteiger partial charge in [0.1, 0.15) is 5.76 Å². The predicted molar refractivity (Wildman–Crippen MR) is 83.2 cm³/mol. The van der Waals surface area contributed by atoms with Crippen molar-refractivity contribution in [2.24, 2.45) is 0 Å². The first-order valence-corrected chi connectivity index (χ1v) is 6.98. The van der Waals surface area contributed by atoms with Crippen LogP contribution >= 0.6 is 0 Å². The quantitative estimate of drug-likeness (QED) is 0.789. The second-order valence-corrected chi connectivity index (χ2v) is 4.97. The van der Waals surface area contributed by atoms with Crippen LogP contribution in [0.4, 0.5) is 10.5 Å². The summed E-state index contributed by atoms with van der Waals surface area (Å²) >= 11 is 0. The summed E-state index contributed by atoms with van der Waals surface area (Å²) in [5, 5.41) is 8.80. The maximum atomic E-state index is 11.9. The van der Waals surface area contributed by atoms with Gasteiger partial charge < -0.3 is 20.4 Å². The Bertz CT molecular complexity index is 564. The maximum Gasteiger partial charge on any atom is 0.319 e. The van der Waals surface area contributed by atoms with E-state index in [1.165, 1.54) is 5.56 Å². The van der Waals surface area contributed by atoms with Crippen LogP contribution in [0.3, 0.4) is 0 Å². The van der Waals surface area contributed by atoms with Gasteiger partial charge in [0.15, 0.2) is 0 Å². The van der Waals surface area contributed by atoms with Crippen LogP contribution in [-0.4, -0.2) is 13.1 Å². The zero-order valence-electron chi connectivity index (χ0n) is 12.5. The second-order valence-electron chi connectivity index (χ2n) is 4.97. The third kappa shape index (κ3) is 4.10. The Morgan fingerprint density at radius 1 is 1.10 bits per heavy atom. The van der Waals surface area contributed by atoms with Gasteiger partial charge in [-0.25, -0.2) is 4.79 Å². The van der Waals surface area contributed by atoms with E-state index in [1.54, 1.807) is 12.3 Å². The molecule has 5 nitrogen and oxygen atoms in total. The topological polar surface area (TPSA) is 66.3 Å². The number of hydrogen-bond donors (Lipinski definition) is 3. The minimum absolute atomic E-state index is 0.177. The van der Waals surface area contributed by atoms with E-state index >= 15 is 0 Å². The van der Waals surface area contributed by atoms with Crippen molar-refractivity contribution in [1.82, 2.24) is 10.6 Å². The second kappa shape index (κ2) is 6.95. The number of nitrogens with one attached hydrogen (secondary N) is 3. The summed E-state index contributed by atoms with van der Waals surface area (Å²) in [5.74, 6) is 0.725. The van der Waals surface area contributed by atoms with Gasteiger partial charge >= 0.3 is 6.03 Å². The molecule has 0 bridgehead atoms. The number of urea groups is 1. The van der Waals surface area contributed by atoms with Gasteiger partial charge in [0.05, 0.1) is 12.3 Å². The average Bonchev–Trinajstić information content (AvgIpc) is 3.01. The van der Waals surface area contributed by atoms with Gasteiger partial charge in [0.25, 0.3) is 0 Å². The molecule has 112 valence electrons. The molecule has 21 heavy (non-hydrogen) atoms. The number of rotatable bonds is 5. The average molecular weight is 287 g/mol. The highest BCUT2D eigenvalue weighted by Gasteiger charge is 2.11. The lowest BCUT2D eigenvalue weighted by molar-refractivity contribution is 0.247. The molecule has 0 fully saturated rings. The monoisotopic (exact) mass is 287 g/mol. The summed E-state index contributed by atoms with van der Waals surface area (Å²) in [6.07, 6.45) is 1.59. The highest BCUT2D eigenvalue weighted by atomic mass is 16.3. The molecule has 2 atom stereocenters. The van der Waals surface area contributed by atoms with Crippen LogP contribution in [-0.2, 0) is 0 Å². The van der Waals surface area contributed by atoms with Crippen molar-refractivity contribution in [3.63, 3.8) is 0 Å². The Morgan fingerprint density at radius 3 is 2.38 bits per heavy atom. The van der Waals surface area contributed by atoms with Gasteiger partial charge in [0.2, 0.25) is 0 Å². The van der Waals surface area contributed by atoms with Crippen LogP contribution in [0, 0.1) is 0 Å². The Balaban J connectivity index is 1.90. The zero-order chi connectivity index (χ0) is 15.2. The highest BCUT2D eigenvalue weighted by molar-refractivity contribution is 5.89. The number of amides is 2. The molecule has 2 rings (SSSR count). The molecule has 1 aromatic heterocycles. The normalized spacial score (nSPS) is 13.5. The lowest BCUT2D eigenvalue weighted by atomic mass is 10.1. The molecular weight excluding hydrogens is 266 g/mol. The van der Waals surface area contributed by atoms with Crippen molar-refractivity contribution < 1.29 is 9.21 Å². The van der Waals surface area contributed by atoms with E-state index < -0.39 is 0 Å². The van der Waals surface area contributed by atoms with Crippen molar-refractivity contribution in [3.05, 3.63) is 54.0 Å². The molecule has 0 spiro atoms. The van der Waals surface area contributed by atoms with Crippen LogP contribution < -0.4 is 16.0 Å². The fraction of sp³-hybridized carbons (Fsp3) is 0.312. The first kappa shape index (κ1) is 15.1. The fourth-order valence-corrected chi connectivity index (χ4v) is 1.99. The smallest absolute Gasteiger partial charge is 0.319 e. The Labute approximate surface area is 124 Å². The van der Waals surface area contributed by atoms with E-state index in [0.717, 1.165) is 11.4 Å². The first-order valence-electron chi connectivity index (χ1n) is 6.98. The van der Waals surface area contributed by atoms with Gasteiger partial charge in [-0.3, -0.25) is 0 Å². The van der Waals surface area contributed by atoms with Gasteiger partial charge in [-0.2, -0.15) is 0 Å². The van der Waals surface area contributed by atoms with Crippen LogP contribution in [0.15, 0.2) is 47.1 Å². The molecule has 0 saturated heterocycles. The van der Waals surface area contributed by atoms with Crippen LogP contribution in [0.1, 0.15) is 37.3 Å². The van der Waals surface area contributed by atoms with Gasteiger partial charge in [0, 0.05) is 11.7 Å². The van der Waals surface area contributed by atoms with Gasteiger partial charge in [-0.05, 0) is 50.7 Å². The summed E-state index contributed by atoms with van der Waals surface area (Å²) in [6.45, 7) is 3.95.